The molecule has 1 N–H and O–H groups in total. The Bertz CT molecular complexity index is 820. The van der Waals surface area contributed by atoms with E-state index < -0.39 is 18.0 Å². The number of carbonyl (C=O) groups is 1. The highest BCUT2D eigenvalue weighted by Gasteiger charge is 2.32. The summed E-state index contributed by atoms with van der Waals surface area (Å²) in [6.45, 7) is 1.21. The minimum atomic E-state index is -4.91. The third kappa shape index (κ3) is 3.90. The molecule has 0 aliphatic rings. The molecule has 1 heterocycles. The van der Waals surface area contributed by atoms with E-state index in [1.807, 2.05) is 6.07 Å². The summed E-state index contributed by atoms with van der Waals surface area (Å²) in [6.07, 6.45) is -3.76. The van der Waals surface area contributed by atoms with E-state index in [2.05, 4.69) is 15.2 Å². The van der Waals surface area contributed by atoms with Gasteiger partial charge in [0.25, 0.3) is 0 Å². The van der Waals surface area contributed by atoms with E-state index in [9.17, 15) is 18.0 Å². The first-order valence-electron chi connectivity index (χ1n) is 6.13. The van der Waals surface area contributed by atoms with Crippen LogP contribution in [0.3, 0.4) is 0 Å². The summed E-state index contributed by atoms with van der Waals surface area (Å²) in [5.74, 6) is -1.12. The Morgan fingerprint density at radius 3 is 2.42 bits per heavy atom. The number of aromatic nitrogens is 2. The number of nitrogens with one attached hydrogen (secondary N) is 1. The van der Waals surface area contributed by atoms with Gasteiger partial charge in [0, 0.05) is 19.1 Å². The molecular weight excluding hydrogens is 372 g/mol. The van der Waals surface area contributed by atoms with Gasteiger partial charge in [-0.2, -0.15) is 10.4 Å². The Balaban J connectivity index is 2.56. The first-order chi connectivity index (χ1) is 11.1. The Morgan fingerprint density at radius 2 is 1.96 bits per heavy atom. The number of nitriles is 1. The number of ether oxygens (including phenoxy) is 1. The number of hydrogen-bond acceptors (Lipinski definition) is 4. The van der Waals surface area contributed by atoms with E-state index in [0.29, 0.717) is 0 Å². The topological polar surface area (TPSA) is 79.9 Å². The largest absolute Gasteiger partial charge is 0.573 e. The van der Waals surface area contributed by atoms with Gasteiger partial charge < -0.3 is 10.1 Å². The second kappa shape index (κ2) is 6.59. The molecule has 126 valence electrons. The van der Waals surface area contributed by atoms with Crippen LogP contribution in [0.5, 0.6) is 5.75 Å². The van der Waals surface area contributed by atoms with Crippen molar-refractivity contribution in [2.24, 2.45) is 0 Å². The fourth-order valence-electron chi connectivity index (χ4n) is 1.82. The number of anilines is 1. The number of rotatable bonds is 3. The minimum Gasteiger partial charge on any atom is -0.406 e. The Kier molecular flexibility index (Phi) is 4.91. The predicted molar refractivity (Wildman–Crippen MR) is 79.3 cm³/mol. The number of halogens is 5. The van der Waals surface area contributed by atoms with E-state index in [0.717, 1.165) is 23.0 Å². The van der Waals surface area contributed by atoms with Gasteiger partial charge in [0.05, 0.1) is 16.2 Å². The second-order valence-electron chi connectivity index (χ2n) is 4.39. The molecule has 0 unspecified atom stereocenters. The van der Waals surface area contributed by atoms with Crippen molar-refractivity contribution in [3.63, 3.8) is 0 Å². The molecule has 0 aliphatic heterocycles. The molecule has 0 saturated carbocycles. The van der Waals surface area contributed by atoms with Gasteiger partial charge in [-0.15, -0.1) is 13.2 Å². The summed E-state index contributed by atoms with van der Waals surface area (Å²) in [5, 5.41) is 14.9. The number of nitrogens with zero attached hydrogens (tertiary/aromatic N) is 3. The van der Waals surface area contributed by atoms with Crippen LogP contribution in [0, 0.1) is 11.3 Å². The van der Waals surface area contributed by atoms with Gasteiger partial charge in [0.15, 0.2) is 5.82 Å². The lowest BCUT2D eigenvalue weighted by atomic mass is 10.3. The van der Waals surface area contributed by atoms with Gasteiger partial charge in [-0.25, -0.2) is 4.68 Å². The van der Waals surface area contributed by atoms with Crippen LogP contribution in [0.15, 0.2) is 18.3 Å². The van der Waals surface area contributed by atoms with Crippen molar-refractivity contribution in [1.29, 1.82) is 5.26 Å². The quantitative estimate of drug-likeness (QED) is 0.877. The first kappa shape index (κ1) is 17.9. The van der Waals surface area contributed by atoms with E-state index >= 15 is 0 Å². The van der Waals surface area contributed by atoms with E-state index in [-0.39, 0.29) is 27.1 Å². The summed E-state index contributed by atoms with van der Waals surface area (Å²) >= 11 is 11.9. The predicted octanol–water partition coefficient (Wildman–Crippen LogP) is 3.91. The number of alkyl halides is 3. The van der Waals surface area contributed by atoms with E-state index in [1.165, 1.54) is 6.92 Å². The maximum atomic E-state index is 12.3. The molecule has 0 radical (unpaired) electrons. The van der Waals surface area contributed by atoms with Crippen molar-refractivity contribution in [2.45, 2.75) is 13.3 Å². The average molecular weight is 379 g/mol. The summed E-state index contributed by atoms with van der Waals surface area (Å²) < 4.78 is 41.6. The molecule has 1 aromatic carbocycles. The lowest BCUT2D eigenvalue weighted by Gasteiger charge is -2.14. The molecule has 1 aromatic heterocycles. The van der Waals surface area contributed by atoms with Crippen LogP contribution in [-0.4, -0.2) is 22.1 Å². The van der Waals surface area contributed by atoms with Crippen molar-refractivity contribution in [2.75, 3.05) is 5.32 Å². The van der Waals surface area contributed by atoms with Gasteiger partial charge in [-0.05, 0) is 0 Å². The normalized spacial score (nSPS) is 11.0. The van der Waals surface area contributed by atoms with Crippen LogP contribution in [0.1, 0.15) is 12.5 Å². The average Bonchev–Trinajstić information content (AvgIpc) is 2.78. The zero-order chi connectivity index (χ0) is 18.1. The molecule has 0 bridgehead atoms. The zero-order valence-electron chi connectivity index (χ0n) is 11.8. The highest BCUT2D eigenvalue weighted by molar-refractivity contribution is 6.38. The van der Waals surface area contributed by atoms with Crippen LogP contribution in [0.4, 0.5) is 19.0 Å². The first-order valence-corrected chi connectivity index (χ1v) is 6.89. The summed E-state index contributed by atoms with van der Waals surface area (Å²) in [6, 6.07) is 3.60. The van der Waals surface area contributed by atoms with Crippen molar-refractivity contribution in [3.05, 3.63) is 33.9 Å². The second-order valence-corrected chi connectivity index (χ2v) is 5.21. The monoisotopic (exact) mass is 378 g/mol. The highest BCUT2D eigenvalue weighted by atomic mass is 35.5. The van der Waals surface area contributed by atoms with Gasteiger partial charge in [0.1, 0.15) is 23.1 Å². The van der Waals surface area contributed by atoms with Crippen molar-refractivity contribution in [1.82, 2.24) is 9.78 Å². The molecule has 0 atom stereocenters. The third-order valence-corrected chi connectivity index (χ3v) is 3.20. The van der Waals surface area contributed by atoms with E-state index in [4.69, 9.17) is 28.5 Å². The fraction of sp³-hybridized carbons (Fsp3) is 0.154. The molecule has 0 aliphatic carbocycles. The third-order valence-electron chi connectivity index (χ3n) is 2.62. The Morgan fingerprint density at radius 1 is 1.38 bits per heavy atom. The van der Waals surface area contributed by atoms with Crippen LogP contribution in [0.2, 0.25) is 10.0 Å². The minimum absolute atomic E-state index is 0.0155. The maximum absolute atomic E-state index is 12.3. The smallest absolute Gasteiger partial charge is 0.406 e. The van der Waals surface area contributed by atoms with Crippen LogP contribution >= 0.6 is 23.2 Å². The highest BCUT2D eigenvalue weighted by Crippen LogP contribution is 2.37. The number of carbonyl (C=O) groups excluding carboxylic acids is 1. The molecule has 0 saturated heterocycles. The van der Waals surface area contributed by atoms with Crippen molar-refractivity contribution in [3.8, 4) is 17.5 Å². The summed E-state index contributed by atoms with van der Waals surface area (Å²) in [5.41, 5.74) is 0.00561. The van der Waals surface area contributed by atoms with Crippen molar-refractivity contribution < 1.29 is 22.7 Å². The standard InChI is InChI=1S/C13H7Cl2F3N4O2/c1-6(23)21-12-7(4-19)5-20-22(12)11-9(14)2-8(3-10(11)15)24-13(16,17)18/h2-3,5H,1H3,(H,21,23). The number of amides is 1. The molecule has 6 nitrogen and oxygen atoms in total. The summed E-state index contributed by atoms with van der Waals surface area (Å²) in [4.78, 5) is 11.3. The molecule has 24 heavy (non-hydrogen) atoms. The molecule has 0 spiro atoms. The van der Waals surface area contributed by atoms with E-state index in [1.54, 1.807) is 0 Å². The zero-order valence-corrected chi connectivity index (χ0v) is 13.3. The Labute approximate surface area is 143 Å². The molecular formula is C13H7Cl2F3N4O2. The van der Waals surface area contributed by atoms with Gasteiger partial charge in [-0.1, -0.05) is 23.2 Å². The SMILES string of the molecule is CC(=O)Nc1c(C#N)cnn1-c1c(Cl)cc(OC(F)(F)F)cc1Cl. The van der Waals surface area contributed by atoms with Gasteiger partial charge in [0.2, 0.25) is 5.91 Å². The number of benzene rings is 1. The van der Waals surface area contributed by atoms with Gasteiger partial charge >= 0.3 is 6.36 Å². The maximum Gasteiger partial charge on any atom is 0.573 e. The molecule has 2 rings (SSSR count). The van der Waals surface area contributed by atoms with Crippen molar-refractivity contribution >= 4 is 34.9 Å². The molecule has 2 aromatic rings. The number of hydrogen-bond donors (Lipinski definition) is 1. The summed E-state index contributed by atoms with van der Waals surface area (Å²) in [7, 11) is 0. The molecule has 11 heteroatoms. The van der Waals surface area contributed by atoms with Gasteiger partial charge in [-0.3, -0.25) is 4.79 Å². The lowest BCUT2D eigenvalue weighted by Crippen LogP contribution is -2.17. The molecule has 1 amide bonds. The molecule has 0 fully saturated rings. The lowest BCUT2D eigenvalue weighted by molar-refractivity contribution is -0.274. The van der Waals surface area contributed by atoms with Crippen LogP contribution < -0.4 is 10.1 Å². The van der Waals surface area contributed by atoms with Crippen LogP contribution in [0.25, 0.3) is 5.69 Å². The van der Waals surface area contributed by atoms with Crippen LogP contribution in [-0.2, 0) is 4.79 Å². The Hall–Kier alpha value is -2.44. The fourth-order valence-corrected chi connectivity index (χ4v) is 2.45.